The first-order chi connectivity index (χ1) is 19.1. The van der Waals surface area contributed by atoms with Crippen LogP contribution >= 0.6 is 0 Å². The summed E-state index contributed by atoms with van der Waals surface area (Å²) in [6, 6.07) is 17.1. The molecule has 1 saturated carbocycles. The normalized spacial score (nSPS) is 26.9. The zero-order valence-corrected chi connectivity index (χ0v) is 26.3. The fourth-order valence-corrected chi connectivity index (χ4v) is 8.84. The van der Waals surface area contributed by atoms with Crippen LogP contribution in [0.25, 0.3) is 0 Å². The largest absolute Gasteiger partial charge is 0.376 e. The van der Waals surface area contributed by atoms with E-state index in [-0.39, 0.29) is 11.0 Å². The zero-order chi connectivity index (χ0) is 28.5. The molecule has 0 radical (unpaired) electrons. The lowest BCUT2D eigenvalue weighted by atomic mass is 9.59. The highest BCUT2D eigenvalue weighted by Gasteiger charge is 2.56. The lowest BCUT2D eigenvalue weighted by Crippen LogP contribution is -2.35. The van der Waals surface area contributed by atoms with Crippen molar-refractivity contribution in [3.63, 3.8) is 0 Å². The van der Waals surface area contributed by atoms with Crippen LogP contribution in [0.1, 0.15) is 132 Å². The molecule has 2 nitrogen and oxygen atoms in total. The fourth-order valence-electron chi connectivity index (χ4n) is 8.84. The van der Waals surface area contributed by atoms with Gasteiger partial charge in [-0.1, -0.05) is 87.1 Å². The van der Waals surface area contributed by atoms with Gasteiger partial charge in [0.15, 0.2) is 0 Å². The van der Waals surface area contributed by atoms with Crippen LogP contribution in [0.15, 0.2) is 55.1 Å². The Balaban J connectivity index is 1.32. The molecule has 2 aliphatic carbocycles. The quantitative estimate of drug-likeness (QED) is 0.196. The third-order valence-electron chi connectivity index (χ3n) is 10.8. The van der Waals surface area contributed by atoms with E-state index in [0.29, 0.717) is 17.9 Å². The molecule has 0 aromatic heterocycles. The smallest absolute Gasteiger partial charge is 0.0617 e. The summed E-state index contributed by atoms with van der Waals surface area (Å²) in [4.78, 5) is 2.59. The van der Waals surface area contributed by atoms with Crippen molar-refractivity contribution in [3.8, 4) is 0 Å². The molecule has 0 amide bonds. The Hall–Kier alpha value is -2.06. The van der Waals surface area contributed by atoms with Gasteiger partial charge in [-0.3, -0.25) is 0 Å². The van der Waals surface area contributed by atoms with Crippen LogP contribution in [-0.2, 0) is 4.74 Å². The molecule has 2 heteroatoms. The second-order valence-corrected chi connectivity index (χ2v) is 14.6. The number of hydrogen-bond donors (Lipinski definition) is 0. The zero-order valence-electron chi connectivity index (χ0n) is 26.3. The monoisotopic (exact) mass is 541 g/mol. The molecule has 5 rings (SSSR count). The molecule has 0 N–H and O–H groups in total. The molecular weight excluding hydrogens is 486 g/mol. The van der Waals surface area contributed by atoms with Crippen molar-refractivity contribution in [2.45, 2.75) is 122 Å². The van der Waals surface area contributed by atoms with Gasteiger partial charge in [0, 0.05) is 25.3 Å². The highest BCUT2D eigenvalue weighted by atomic mass is 16.5. The van der Waals surface area contributed by atoms with Gasteiger partial charge in [-0.15, -0.1) is 6.58 Å². The van der Waals surface area contributed by atoms with Gasteiger partial charge < -0.3 is 9.64 Å². The van der Waals surface area contributed by atoms with E-state index in [2.05, 4.69) is 102 Å². The summed E-state index contributed by atoms with van der Waals surface area (Å²) < 4.78 is 5.92. The lowest BCUT2D eigenvalue weighted by Gasteiger charge is -2.44. The summed E-state index contributed by atoms with van der Waals surface area (Å²) in [5, 5.41) is 0. The highest BCUT2D eigenvalue weighted by Crippen LogP contribution is 2.68. The Morgan fingerprint density at radius 1 is 0.950 bits per heavy atom. The highest BCUT2D eigenvalue weighted by molar-refractivity contribution is 5.68. The molecule has 40 heavy (non-hydrogen) atoms. The van der Waals surface area contributed by atoms with Crippen molar-refractivity contribution in [3.05, 3.63) is 77.4 Å². The maximum absolute atomic E-state index is 5.92. The number of anilines is 1. The predicted molar refractivity (Wildman–Crippen MR) is 171 cm³/mol. The number of rotatable bonds is 12. The van der Waals surface area contributed by atoms with Crippen molar-refractivity contribution in [2.75, 3.05) is 18.6 Å². The Labute approximate surface area is 245 Å². The van der Waals surface area contributed by atoms with Crippen molar-refractivity contribution in [1.29, 1.82) is 0 Å². The summed E-state index contributed by atoms with van der Waals surface area (Å²) in [7, 11) is 2.33. The Bertz CT molecular complexity index is 1160. The van der Waals surface area contributed by atoms with Gasteiger partial charge in [0.25, 0.3) is 0 Å². The maximum Gasteiger partial charge on any atom is 0.0617 e. The predicted octanol–water partition coefficient (Wildman–Crippen LogP) is 10.5. The van der Waals surface area contributed by atoms with Crippen molar-refractivity contribution in [2.24, 2.45) is 17.3 Å². The van der Waals surface area contributed by atoms with Gasteiger partial charge in [0.1, 0.15) is 0 Å². The standard InChI is InChI=1S/C38H55NO/c1-8-9-23-38(6,29-21-20-28(26-29)16-12-10-11-15-24-40-37(3,4)5)35-30-17-13-14-18-31(30)36-34(35)32-25-27(2)19-22-33(32)39(36)7/h8,13-14,17-19,22,25,28-29,34-36H,1,9-12,15-16,20-21,23-24,26H2,2-7H3. The number of benzene rings is 2. The van der Waals surface area contributed by atoms with Crippen molar-refractivity contribution < 1.29 is 4.74 Å². The maximum atomic E-state index is 5.92. The van der Waals surface area contributed by atoms with Gasteiger partial charge in [0.2, 0.25) is 0 Å². The van der Waals surface area contributed by atoms with E-state index in [1.165, 1.54) is 69.0 Å². The molecule has 3 aliphatic rings. The van der Waals surface area contributed by atoms with Crippen molar-refractivity contribution in [1.82, 2.24) is 0 Å². The number of fused-ring (bicyclic) bond motifs is 5. The first kappa shape index (κ1) is 29.4. The second-order valence-electron chi connectivity index (χ2n) is 14.6. The van der Waals surface area contributed by atoms with Crippen LogP contribution in [0.5, 0.6) is 0 Å². The third-order valence-corrected chi connectivity index (χ3v) is 10.8. The number of allylic oxidation sites excluding steroid dienone is 1. The molecule has 1 fully saturated rings. The van der Waals surface area contributed by atoms with Gasteiger partial charge in [0.05, 0.1) is 11.6 Å². The van der Waals surface area contributed by atoms with Crippen LogP contribution < -0.4 is 4.90 Å². The van der Waals surface area contributed by atoms with Crippen LogP contribution in [0.2, 0.25) is 0 Å². The van der Waals surface area contributed by atoms with E-state index in [0.717, 1.165) is 24.9 Å². The molecular formula is C38H55NO. The second kappa shape index (κ2) is 12.0. The average Bonchev–Trinajstić information content (AvgIpc) is 3.60. The number of likely N-dealkylation sites (N-methyl/N-ethyl adjacent to an activating group) is 1. The summed E-state index contributed by atoms with van der Waals surface area (Å²) in [5.74, 6) is 2.79. The van der Waals surface area contributed by atoms with E-state index < -0.39 is 0 Å². The Morgan fingerprint density at radius 2 is 1.70 bits per heavy atom. The molecule has 0 saturated heterocycles. The van der Waals surface area contributed by atoms with Gasteiger partial charge in [-0.2, -0.15) is 0 Å². The minimum absolute atomic E-state index is 0.00816. The van der Waals surface area contributed by atoms with E-state index in [4.69, 9.17) is 4.74 Å². The third kappa shape index (κ3) is 5.80. The van der Waals surface area contributed by atoms with Crippen LogP contribution in [0, 0.1) is 24.2 Å². The van der Waals surface area contributed by atoms with E-state index in [1.807, 2.05) is 0 Å². The molecule has 218 valence electrons. The van der Waals surface area contributed by atoms with Crippen molar-refractivity contribution >= 4 is 5.69 Å². The molecule has 0 spiro atoms. The van der Waals surface area contributed by atoms with Crippen LogP contribution in [0.4, 0.5) is 5.69 Å². The van der Waals surface area contributed by atoms with Crippen LogP contribution in [0.3, 0.4) is 0 Å². The molecule has 6 atom stereocenters. The summed E-state index contributed by atoms with van der Waals surface area (Å²) >= 11 is 0. The molecule has 1 heterocycles. The summed E-state index contributed by atoms with van der Waals surface area (Å²) in [6.45, 7) is 16.5. The number of unbranched alkanes of at least 4 members (excludes halogenated alkanes) is 3. The first-order valence-electron chi connectivity index (χ1n) is 16.3. The number of hydrogen-bond acceptors (Lipinski definition) is 2. The summed E-state index contributed by atoms with van der Waals surface area (Å²) in [6.07, 6.45) is 15.4. The topological polar surface area (TPSA) is 12.5 Å². The molecule has 2 aromatic rings. The minimum atomic E-state index is -0.00816. The van der Waals surface area contributed by atoms with Gasteiger partial charge in [-0.25, -0.2) is 0 Å². The SMILES string of the molecule is C=CCCC(C)(C1CCC(CCCCCCOC(C)(C)C)C1)C1c2ccccc2C2C1c1cc(C)ccc1N2C. The lowest BCUT2D eigenvalue weighted by molar-refractivity contribution is -0.00476. The number of nitrogens with zero attached hydrogens (tertiary/aromatic N) is 1. The fraction of sp³-hybridized carbons (Fsp3) is 0.632. The minimum Gasteiger partial charge on any atom is -0.376 e. The van der Waals surface area contributed by atoms with E-state index in [1.54, 1.807) is 16.7 Å². The van der Waals surface area contributed by atoms with E-state index >= 15 is 0 Å². The average molecular weight is 542 g/mol. The number of aryl methyl sites for hydroxylation is 1. The van der Waals surface area contributed by atoms with Gasteiger partial charge in [-0.05, 0) is 106 Å². The Kier molecular flexibility index (Phi) is 8.86. The Morgan fingerprint density at radius 3 is 2.45 bits per heavy atom. The molecule has 1 aliphatic heterocycles. The molecule has 0 bridgehead atoms. The van der Waals surface area contributed by atoms with E-state index in [9.17, 15) is 0 Å². The van der Waals surface area contributed by atoms with Crippen LogP contribution in [-0.4, -0.2) is 19.3 Å². The summed E-state index contributed by atoms with van der Waals surface area (Å²) in [5.41, 5.74) is 7.89. The number of ether oxygens (including phenoxy) is 1. The molecule has 6 unspecified atom stereocenters. The molecule has 2 aromatic carbocycles. The van der Waals surface area contributed by atoms with Gasteiger partial charge >= 0.3 is 0 Å². The first-order valence-corrected chi connectivity index (χ1v) is 16.3.